The predicted octanol–water partition coefficient (Wildman–Crippen LogP) is 3.95. The van der Waals surface area contributed by atoms with Gasteiger partial charge in [0.2, 0.25) is 0 Å². The molecule has 3 unspecified atom stereocenters. The van der Waals surface area contributed by atoms with Crippen LogP contribution in [-0.4, -0.2) is 41.8 Å². The second kappa shape index (κ2) is 9.16. The first-order chi connectivity index (χ1) is 10.9. The molecule has 1 aliphatic carbocycles. The molecule has 1 heterocycles. The van der Waals surface area contributed by atoms with Crippen molar-refractivity contribution < 1.29 is 9.53 Å². The Bertz CT molecular complexity index is 365. The van der Waals surface area contributed by atoms with Crippen molar-refractivity contribution in [2.75, 3.05) is 18.8 Å². The number of alkyl carbamates (subject to hydrolysis) is 1. The summed E-state index contributed by atoms with van der Waals surface area (Å²) in [7, 11) is 0. The van der Waals surface area contributed by atoms with E-state index in [1.165, 1.54) is 50.7 Å². The second-order valence-corrected chi connectivity index (χ2v) is 9.34. The fraction of sp³-hybridized carbons (Fsp3) is 0.944. The third-order valence-electron chi connectivity index (χ3n) is 4.70. The van der Waals surface area contributed by atoms with Crippen molar-refractivity contribution >= 4 is 17.9 Å². The summed E-state index contributed by atoms with van der Waals surface area (Å²) in [6.45, 7) is 7.56. The first-order valence-corrected chi connectivity index (χ1v) is 10.3. The van der Waals surface area contributed by atoms with E-state index in [0.717, 1.165) is 18.3 Å². The Hall–Kier alpha value is -0.420. The summed E-state index contributed by atoms with van der Waals surface area (Å²) in [4.78, 5) is 11.9. The van der Waals surface area contributed by atoms with Crippen molar-refractivity contribution in [1.82, 2.24) is 10.6 Å². The van der Waals surface area contributed by atoms with Crippen LogP contribution in [0.4, 0.5) is 4.79 Å². The molecule has 1 saturated heterocycles. The average molecular weight is 343 g/mol. The predicted molar refractivity (Wildman–Crippen MR) is 98.1 cm³/mol. The first kappa shape index (κ1) is 18.9. The van der Waals surface area contributed by atoms with E-state index >= 15 is 0 Å². The highest BCUT2D eigenvalue weighted by Gasteiger charge is 2.27. The van der Waals surface area contributed by atoms with Crippen LogP contribution in [0.2, 0.25) is 0 Å². The highest BCUT2D eigenvalue weighted by molar-refractivity contribution is 7.99. The molecule has 5 heteroatoms. The molecule has 3 atom stereocenters. The summed E-state index contributed by atoms with van der Waals surface area (Å²) < 4.78 is 5.35. The largest absolute Gasteiger partial charge is 0.444 e. The third kappa shape index (κ3) is 7.34. The lowest BCUT2D eigenvalue weighted by molar-refractivity contribution is 0.0510. The fourth-order valence-electron chi connectivity index (χ4n) is 3.50. The van der Waals surface area contributed by atoms with Crippen molar-refractivity contribution in [3.63, 3.8) is 0 Å². The van der Waals surface area contributed by atoms with E-state index in [1.54, 1.807) is 0 Å². The highest BCUT2D eigenvalue weighted by Crippen LogP contribution is 2.27. The normalized spacial score (nSPS) is 29.1. The molecule has 0 bridgehead atoms. The molecule has 2 aliphatic rings. The smallest absolute Gasteiger partial charge is 0.407 e. The van der Waals surface area contributed by atoms with Gasteiger partial charge in [-0.3, -0.25) is 0 Å². The van der Waals surface area contributed by atoms with Crippen LogP contribution in [0.25, 0.3) is 0 Å². The molecule has 2 fully saturated rings. The number of thioether (sulfide) groups is 1. The van der Waals surface area contributed by atoms with Crippen LogP contribution >= 0.6 is 11.8 Å². The molecule has 0 aromatic rings. The minimum Gasteiger partial charge on any atom is -0.444 e. The fourth-order valence-corrected chi connectivity index (χ4v) is 4.75. The molecule has 2 N–H and O–H groups in total. The molecule has 0 spiro atoms. The molecule has 0 aromatic carbocycles. The van der Waals surface area contributed by atoms with Gasteiger partial charge in [-0.05, 0) is 58.1 Å². The number of ether oxygens (including phenoxy) is 1. The zero-order valence-electron chi connectivity index (χ0n) is 15.0. The van der Waals surface area contributed by atoms with Crippen molar-refractivity contribution in [3.05, 3.63) is 0 Å². The van der Waals surface area contributed by atoms with Crippen LogP contribution in [-0.2, 0) is 4.74 Å². The van der Waals surface area contributed by atoms with E-state index in [4.69, 9.17) is 4.74 Å². The Kier molecular flexibility index (Phi) is 7.54. The number of carbonyl (C=O) groups excluding carboxylic acids is 1. The van der Waals surface area contributed by atoms with Crippen molar-refractivity contribution in [3.8, 4) is 0 Å². The van der Waals surface area contributed by atoms with Crippen molar-refractivity contribution in [2.45, 2.75) is 82.6 Å². The Morgan fingerprint density at radius 3 is 2.52 bits per heavy atom. The summed E-state index contributed by atoms with van der Waals surface area (Å²) in [5.74, 6) is 1.85. The van der Waals surface area contributed by atoms with Gasteiger partial charge in [0.1, 0.15) is 5.60 Å². The van der Waals surface area contributed by atoms with Crippen LogP contribution in [0.1, 0.15) is 65.7 Å². The summed E-state index contributed by atoms with van der Waals surface area (Å²) in [5.41, 5.74) is -0.424. The van der Waals surface area contributed by atoms with Gasteiger partial charge in [0, 0.05) is 24.4 Å². The van der Waals surface area contributed by atoms with Crippen molar-refractivity contribution in [2.24, 2.45) is 5.92 Å². The second-order valence-electron chi connectivity index (χ2n) is 7.93. The molecule has 1 saturated carbocycles. The summed E-state index contributed by atoms with van der Waals surface area (Å²) in [5, 5.41) is 7.55. The van der Waals surface area contributed by atoms with Gasteiger partial charge in [0.15, 0.2) is 0 Å². The quantitative estimate of drug-likeness (QED) is 0.794. The van der Waals surface area contributed by atoms with E-state index in [2.05, 4.69) is 22.4 Å². The van der Waals surface area contributed by atoms with Gasteiger partial charge in [-0.15, -0.1) is 0 Å². The van der Waals surface area contributed by atoms with Gasteiger partial charge in [-0.1, -0.05) is 19.3 Å². The number of rotatable bonds is 5. The maximum Gasteiger partial charge on any atom is 0.407 e. The van der Waals surface area contributed by atoms with E-state index < -0.39 is 5.60 Å². The van der Waals surface area contributed by atoms with Gasteiger partial charge >= 0.3 is 6.09 Å². The zero-order valence-corrected chi connectivity index (χ0v) is 15.8. The summed E-state index contributed by atoms with van der Waals surface area (Å²) in [6.07, 6.45) is 8.84. The van der Waals surface area contributed by atoms with Crippen LogP contribution in [0.5, 0.6) is 0 Å². The maximum absolute atomic E-state index is 11.9. The summed E-state index contributed by atoms with van der Waals surface area (Å²) in [6, 6.07) is 0.543. The number of hydrogen-bond donors (Lipinski definition) is 2. The number of carbonyl (C=O) groups is 1. The van der Waals surface area contributed by atoms with Gasteiger partial charge in [-0.2, -0.15) is 11.8 Å². The van der Waals surface area contributed by atoms with Crippen molar-refractivity contribution in [1.29, 1.82) is 0 Å². The number of hydrogen-bond acceptors (Lipinski definition) is 4. The van der Waals surface area contributed by atoms with Crippen LogP contribution in [0.3, 0.4) is 0 Å². The molecular weight excluding hydrogens is 308 g/mol. The van der Waals surface area contributed by atoms with Gasteiger partial charge in [0.05, 0.1) is 0 Å². The molecule has 2 rings (SSSR count). The Labute approximate surface area is 145 Å². The van der Waals surface area contributed by atoms with Gasteiger partial charge in [0.25, 0.3) is 0 Å². The topological polar surface area (TPSA) is 50.4 Å². The van der Waals surface area contributed by atoms with E-state index in [9.17, 15) is 4.79 Å². The summed E-state index contributed by atoms with van der Waals surface area (Å²) >= 11 is 2.13. The number of amides is 1. The van der Waals surface area contributed by atoms with E-state index in [-0.39, 0.29) is 6.09 Å². The lowest BCUT2D eigenvalue weighted by Gasteiger charge is -2.34. The van der Waals surface area contributed by atoms with E-state index in [0.29, 0.717) is 12.0 Å². The average Bonchev–Trinajstić information content (AvgIpc) is 2.51. The van der Waals surface area contributed by atoms with Gasteiger partial charge in [-0.25, -0.2) is 4.79 Å². The lowest BCUT2D eigenvalue weighted by atomic mass is 9.84. The molecule has 1 amide bonds. The van der Waals surface area contributed by atoms with Gasteiger partial charge < -0.3 is 15.4 Å². The molecular formula is C18H34N2O2S. The Morgan fingerprint density at radius 1 is 1.09 bits per heavy atom. The lowest BCUT2D eigenvalue weighted by Crippen LogP contribution is -2.46. The minimum atomic E-state index is -0.424. The SMILES string of the molecule is CC(C)(C)OC(=O)NCC1CCCCC1NCC1CCCCS1. The zero-order chi connectivity index (χ0) is 16.7. The van der Waals surface area contributed by atoms with Crippen LogP contribution in [0.15, 0.2) is 0 Å². The molecule has 134 valence electrons. The Morgan fingerprint density at radius 2 is 1.83 bits per heavy atom. The monoisotopic (exact) mass is 342 g/mol. The molecule has 4 nitrogen and oxygen atoms in total. The third-order valence-corrected chi connectivity index (χ3v) is 6.10. The minimum absolute atomic E-state index is 0.287. The van der Waals surface area contributed by atoms with Crippen LogP contribution in [0, 0.1) is 5.92 Å². The molecule has 1 aliphatic heterocycles. The number of nitrogens with one attached hydrogen (secondary N) is 2. The highest BCUT2D eigenvalue weighted by atomic mass is 32.2. The Balaban J connectivity index is 1.73. The molecule has 0 aromatic heterocycles. The maximum atomic E-state index is 11.9. The first-order valence-electron chi connectivity index (χ1n) is 9.26. The molecule has 23 heavy (non-hydrogen) atoms. The molecule has 0 radical (unpaired) electrons. The standard InChI is InChI=1S/C18H34N2O2S/c1-18(2,3)22-17(21)20-12-14-8-4-5-10-16(14)19-13-15-9-6-7-11-23-15/h14-16,19H,4-13H2,1-3H3,(H,20,21). The van der Waals surface area contributed by atoms with E-state index in [1.807, 2.05) is 20.8 Å². The van der Waals surface area contributed by atoms with Crippen LogP contribution < -0.4 is 10.6 Å².